The molecule has 1 unspecified atom stereocenters. The maximum absolute atomic E-state index is 4.79. The second-order valence-electron chi connectivity index (χ2n) is 4.37. The first-order chi connectivity index (χ1) is 7.92. The molecule has 0 bridgehead atoms. The molecule has 0 radical (unpaired) electrons. The molecule has 1 aromatic rings. The van der Waals surface area contributed by atoms with Gasteiger partial charge >= 0.3 is 107 Å². The van der Waals surface area contributed by atoms with E-state index in [1.54, 1.807) is 0 Å². The normalized spacial score (nSPS) is 24.1. The summed E-state index contributed by atoms with van der Waals surface area (Å²) in [6.07, 6.45) is 3.79. The molecule has 2 aliphatic rings. The molecule has 4 heteroatoms. The number of pyridine rings is 1. The summed E-state index contributed by atoms with van der Waals surface area (Å²) in [5.74, 6) is 1.16. The Morgan fingerprint density at radius 3 is 3.19 bits per heavy atom. The van der Waals surface area contributed by atoms with Gasteiger partial charge in [-0.25, -0.2) is 0 Å². The predicted molar refractivity (Wildman–Crippen MR) is 61.0 cm³/mol. The molecule has 88 valence electrons. The number of nitrogens with zero attached hydrogens (tertiary/aromatic N) is 1. The molecular weight excluding hydrogens is 313 g/mol. The monoisotopic (exact) mass is 330 g/mol. The molecular formula is C12H17IN3-. The zero-order valence-electron chi connectivity index (χ0n) is 9.30. The molecule has 1 fully saturated rings. The molecule has 0 spiro atoms. The van der Waals surface area contributed by atoms with Crippen molar-refractivity contribution in [3.05, 3.63) is 21.4 Å². The fourth-order valence-electron chi connectivity index (χ4n) is 2.24. The molecule has 3 nitrogen and oxygen atoms in total. The van der Waals surface area contributed by atoms with Gasteiger partial charge in [-0.1, -0.05) is 0 Å². The van der Waals surface area contributed by atoms with Gasteiger partial charge in [0.25, 0.3) is 0 Å². The standard InChI is InChI=1S/C12H17IN3/c1-2-9-3-4-11(16-12(9)15-6-1)13-10-5-7-14-8-10/h3-4,10,14H,1-2,5-8H2,(H,15,16)/q-1. The van der Waals surface area contributed by atoms with Gasteiger partial charge in [0, 0.05) is 0 Å². The van der Waals surface area contributed by atoms with Crippen molar-refractivity contribution in [1.82, 2.24) is 10.3 Å². The van der Waals surface area contributed by atoms with E-state index >= 15 is 0 Å². The Morgan fingerprint density at radius 2 is 2.31 bits per heavy atom. The van der Waals surface area contributed by atoms with E-state index in [1.165, 1.54) is 41.6 Å². The van der Waals surface area contributed by atoms with Crippen molar-refractivity contribution in [1.29, 1.82) is 0 Å². The summed E-state index contributed by atoms with van der Waals surface area (Å²) in [5.41, 5.74) is 1.41. The molecule has 16 heavy (non-hydrogen) atoms. The van der Waals surface area contributed by atoms with Crippen LogP contribution in [0.2, 0.25) is 0 Å². The Labute approximate surface area is 107 Å². The van der Waals surface area contributed by atoms with Crippen LogP contribution in [0.1, 0.15) is 18.4 Å². The fourth-order valence-corrected chi connectivity index (χ4v) is 5.06. The van der Waals surface area contributed by atoms with Gasteiger partial charge in [0.15, 0.2) is 0 Å². The van der Waals surface area contributed by atoms with Crippen LogP contribution in [0.3, 0.4) is 0 Å². The van der Waals surface area contributed by atoms with Gasteiger partial charge in [-0.3, -0.25) is 0 Å². The number of anilines is 1. The van der Waals surface area contributed by atoms with E-state index in [4.69, 9.17) is 4.98 Å². The molecule has 0 saturated carbocycles. The van der Waals surface area contributed by atoms with Crippen molar-refractivity contribution < 1.29 is 21.2 Å². The summed E-state index contributed by atoms with van der Waals surface area (Å²) >= 11 is 0.0928. The number of halogens is 1. The van der Waals surface area contributed by atoms with Crippen LogP contribution in [0.4, 0.5) is 5.82 Å². The minimum absolute atomic E-state index is 0.0928. The van der Waals surface area contributed by atoms with Crippen LogP contribution < -0.4 is 31.8 Å². The van der Waals surface area contributed by atoms with E-state index in [0.29, 0.717) is 0 Å². The molecule has 2 N–H and O–H groups in total. The van der Waals surface area contributed by atoms with Crippen LogP contribution in [0.25, 0.3) is 0 Å². The number of hydrogen-bond acceptors (Lipinski definition) is 3. The summed E-state index contributed by atoms with van der Waals surface area (Å²) in [6, 6.07) is 4.54. The molecule has 3 heterocycles. The van der Waals surface area contributed by atoms with Gasteiger partial charge in [0.2, 0.25) is 0 Å². The van der Waals surface area contributed by atoms with E-state index in [-0.39, 0.29) is 21.2 Å². The number of hydrogen-bond donors (Lipinski definition) is 2. The summed E-state index contributed by atoms with van der Waals surface area (Å²) in [5, 5.41) is 6.86. The van der Waals surface area contributed by atoms with Crippen LogP contribution in [-0.2, 0) is 6.42 Å². The summed E-state index contributed by atoms with van der Waals surface area (Å²) in [7, 11) is 0. The second kappa shape index (κ2) is 4.87. The number of nitrogens with one attached hydrogen (secondary N) is 2. The fraction of sp³-hybridized carbons (Fsp3) is 0.583. The van der Waals surface area contributed by atoms with E-state index < -0.39 is 0 Å². The average Bonchev–Trinajstić information content (AvgIpc) is 2.82. The first-order valence-corrected chi connectivity index (χ1v) is 8.32. The van der Waals surface area contributed by atoms with E-state index in [9.17, 15) is 0 Å². The van der Waals surface area contributed by atoms with E-state index in [1.807, 2.05) is 0 Å². The van der Waals surface area contributed by atoms with Gasteiger partial charge in [0.05, 0.1) is 0 Å². The van der Waals surface area contributed by atoms with Crippen molar-refractivity contribution >= 4 is 5.82 Å². The van der Waals surface area contributed by atoms with Crippen molar-refractivity contribution in [2.24, 2.45) is 0 Å². The third kappa shape index (κ3) is 2.32. The van der Waals surface area contributed by atoms with Gasteiger partial charge in [-0.15, -0.1) is 0 Å². The SMILES string of the molecule is c1cc2c(nc1[I-]C1CCNC1)NCCC2. The summed E-state index contributed by atoms with van der Waals surface area (Å²) in [4.78, 5) is 4.79. The first-order valence-electron chi connectivity index (χ1n) is 6.00. The number of aromatic nitrogens is 1. The Hall–Kier alpha value is -0.360. The number of alkyl halides is 1. The number of rotatable bonds is 2. The summed E-state index contributed by atoms with van der Waals surface area (Å²) in [6.45, 7) is 3.50. The van der Waals surface area contributed by atoms with Gasteiger partial charge in [0.1, 0.15) is 0 Å². The van der Waals surface area contributed by atoms with Crippen LogP contribution >= 0.6 is 0 Å². The minimum atomic E-state index is 0.0928. The Kier molecular flexibility index (Phi) is 3.28. The Balaban J connectivity index is 1.74. The molecule has 3 rings (SSSR count). The zero-order valence-corrected chi connectivity index (χ0v) is 11.5. The van der Waals surface area contributed by atoms with Crippen LogP contribution in [0.15, 0.2) is 12.1 Å². The Bertz CT molecular complexity index is 375. The second-order valence-corrected chi connectivity index (χ2v) is 7.86. The quantitative estimate of drug-likeness (QED) is 0.376. The molecule has 1 atom stereocenters. The third-order valence-corrected chi connectivity index (χ3v) is 6.31. The molecule has 1 aromatic heterocycles. The van der Waals surface area contributed by atoms with Crippen molar-refractivity contribution in [2.45, 2.75) is 23.2 Å². The third-order valence-electron chi connectivity index (χ3n) is 3.13. The molecule has 0 aliphatic carbocycles. The molecule has 0 amide bonds. The van der Waals surface area contributed by atoms with Gasteiger partial charge in [-0.2, -0.15) is 0 Å². The molecule has 1 saturated heterocycles. The van der Waals surface area contributed by atoms with E-state index in [2.05, 4.69) is 22.8 Å². The predicted octanol–water partition coefficient (Wildman–Crippen LogP) is -1.94. The topological polar surface area (TPSA) is 37.0 Å². The molecule has 0 aromatic carbocycles. The Morgan fingerprint density at radius 1 is 1.31 bits per heavy atom. The number of aryl methyl sites for hydroxylation is 1. The van der Waals surface area contributed by atoms with E-state index in [0.717, 1.165) is 16.3 Å². The molecule has 2 aliphatic heterocycles. The van der Waals surface area contributed by atoms with Crippen LogP contribution in [0.5, 0.6) is 0 Å². The number of fused-ring (bicyclic) bond motifs is 1. The first kappa shape index (κ1) is 10.8. The van der Waals surface area contributed by atoms with Crippen molar-refractivity contribution in [3.63, 3.8) is 0 Å². The summed E-state index contributed by atoms with van der Waals surface area (Å²) < 4.78 is 2.26. The van der Waals surface area contributed by atoms with Crippen molar-refractivity contribution in [3.8, 4) is 0 Å². The van der Waals surface area contributed by atoms with Gasteiger partial charge < -0.3 is 0 Å². The van der Waals surface area contributed by atoms with Gasteiger partial charge in [-0.05, 0) is 0 Å². The average molecular weight is 330 g/mol. The maximum atomic E-state index is 4.79. The van der Waals surface area contributed by atoms with Crippen LogP contribution in [-0.4, -0.2) is 28.5 Å². The van der Waals surface area contributed by atoms with Crippen LogP contribution in [0, 0.1) is 3.70 Å². The van der Waals surface area contributed by atoms with Crippen molar-refractivity contribution in [2.75, 3.05) is 25.0 Å². The zero-order chi connectivity index (χ0) is 10.8.